The van der Waals surface area contributed by atoms with Gasteiger partial charge in [0.25, 0.3) is 0 Å². The van der Waals surface area contributed by atoms with E-state index in [0.717, 1.165) is 0 Å². The Balaban J connectivity index is 2.56. The number of ether oxygens (including phenoxy) is 3. The van der Waals surface area contributed by atoms with E-state index in [1.807, 2.05) is 0 Å². The van der Waals surface area contributed by atoms with Crippen molar-refractivity contribution in [3.05, 3.63) is 18.2 Å². The molecule has 0 heterocycles. The van der Waals surface area contributed by atoms with Crippen LogP contribution in [0, 0.1) is 0 Å². The van der Waals surface area contributed by atoms with Gasteiger partial charge in [0.1, 0.15) is 17.2 Å². The van der Waals surface area contributed by atoms with Crippen molar-refractivity contribution < 1.29 is 22.6 Å². The molecule has 6 nitrogen and oxygen atoms in total. The van der Waals surface area contributed by atoms with E-state index in [1.165, 1.54) is 0 Å². The zero-order chi connectivity index (χ0) is 13.6. The molecule has 0 aliphatic carbocycles. The molecule has 0 fully saturated rings. The molecule has 0 aliphatic rings. The first-order valence-corrected chi connectivity index (χ1v) is 7.02. The zero-order valence-corrected chi connectivity index (χ0v) is 11.2. The Bertz CT molecular complexity index is 464. The summed E-state index contributed by atoms with van der Waals surface area (Å²) in [5, 5.41) is 4.88. The van der Waals surface area contributed by atoms with E-state index < -0.39 is 10.0 Å². The van der Waals surface area contributed by atoms with Crippen molar-refractivity contribution in [2.24, 2.45) is 5.14 Å². The maximum absolute atomic E-state index is 10.7. The molecule has 0 bridgehead atoms. The highest BCUT2D eigenvalue weighted by atomic mass is 32.2. The standard InChI is InChI=1S/C11H17NO5S/c1-15-9-6-10(16-2)8-11(7-9)17-4-3-5-18(12,13)14/h6-8H,3-5H2,1-2H3,(H2,12,13,14). The molecule has 0 saturated heterocycles. The molecule has 18 heavy (non-hydrogen) atoms. The minimum absolute atomic E-state index is 0.103. The summed E-state index contributed by atoms with van der Waals surface area (Å²) < 4.78 is 37.0. The SMILES string of the molecule is COc1cc(OC)cc(OCCCS(N)(=O)=O)c1. The summed E-state index contributed by atoms with van der Waals surface area (Å²) in [5.74, 6) is 1.67. The molecular weight excluding hydrogens is 258 g/mol. The van der Waals surface area contributed by atoms with Crippen LogP contribution in [0.5, 0.6) is 17.2 Å². The number of primary sulfonamides is 1. The first-order valence-electron chi connectivity index (χ1n) is 5.31. The van der Waals surface area contributed by atoms with Crippen LogP contribution in [0.4, 0.5) is 0 Å². The molecule has 0 radical (unpaired) electrons. The lowest BCUT2D eigenvalue weighted by atomic mass is 10.3. The van der Waals surface area contributed by atoms with Gasteiger partial charge in [-0.15, -0.1) is 0 Å². The summed E-state index contributed by atoms with van der Waals surface area (Å²) >= 11 is 0. The molecule has 102 valence electrons. The second-order valence-electron chi connectivity index (χ2n) is 3.62. The molecule has 0 unspecified atom stereocenters. The van der Waals surface area contributed by atoms with Gasteiger partial charge in [0.05, 0.1) is 26.6 Å². The van der Waals surface area contributed by atoms with E-state index in [1.54, 1.807) is 32.4 Å². The van der Waals surface area contributed by atoms with E-state index >= 15 is 0 Å². The predicted molar refractivity (Wildman–Crippen MR) is 67.6 cm³/mol. The van der Waals surface area contributed by atoms with Crippen LogP contribution in [0.2, 0.25) is 0 Å². The summed E-state index contributed by atoms with van der Waals surface area (Å²) in [6, 6.07) is 5.11. The minimum Gasteiger partial charge on any atom is -0.496 e. The fourth-order valence-corrected chi connectivity index (χ4v) is 1.84. The van der Waals surface area contributed by atoms with Crippen molar-refractivity contribution in [2.45, 2.75) is 6.42 Å². The van der Waals surface area contributed by atoms with Crippen LogP contribution < -0.4 is 19.3 Å². The Morgan fingerprint density at radius 2 is 1.56 bits per heavy atom. The van der Waals surface area contributed by atoms with Crippen LogP contribution in [0.3, 0.4) is 0 Å². The Labute approximate surface area is 107 Å². The van der Waals surface area contributed by atoms with Gasteiger partial charge in [0.15, 0.2) is 0 Å². The van der Waals surface area contributed by atoms with Gasteiger partial charge in [-0.25, -0.2) is 13.6 Å². The fourth-order valence-electron chi connectivity index (χ4n) is 1.31. The van der Waals surface area contributed by atoms with Gasteiger partial charge in [-0.2, -0.15) is 0 Å². The number of nitrogens with two attached hydrogens (primary N) is 1. The van der Waals surface area contributed by atoms with Crippen molar-refractivity contribution in [3.63, 3.8) is 0 Å². The Morgan fingerprint density at radius 1 is 1.06 bits per heavy atom. The van der Waals surface area contributed by atoms with Crippen molar-refractivity contribution in [1.29, 1.82) is 0 Å². The lowest BCUT2D eigenvalue weighted by Crippen LogP contribution is -2.18. The van der Waals surface area contributed by atoms with Crippen molar-refractivity contribution in [2.75, 3.05) is 26.6 Å². The van der Waals surface area contributed by atoms with Crippen LogP contribution in [0.1, 0.15) is 6.42 Å². The van der Waals surface area contributed by atoms with E-state index in [9.17, 15) is 8.42 Å². The Kier molecular flexibility index (Phi) is 5.24. The van der Waals surface area contributed by atoms with Crippen LogP contribution >= 0.6 is 0 Å². The minimum atomic E-state index is -3.43. The van der Waals surface area contributed by atoms with Gasteiger partial charge in [-0.3, -0.25) is 0 Å². The number of hydrogen-bond donors (Lipinski definition) is 1. The van der Waals surface area contributed by atoms with Crippen LogP contribution in [-0.2, 0) is 10.0 Å². The molecular formula is C11H17NO5S. The molecule has 0 aromatic heterocycles. The molecule has 1 aromatic carbocycles. The summed E-state index contributed by atoms with van der Waals surface area (Å²) in [6.07, 6.45) is 0.332. The molecule has 7 heteroatoms. The fraction of sp³-hybridized carbons (Fsp3) is 0.455. The maximum atomic E-state index is 10.7. The quantitative estimate of drug-likeness (QED) is 0.742. The largest absolute Gasteiger partial charge is 0.496 e. The second-order valence-corrected chi connectivity index (χ2v) is 5.35. The molecule has 0 saturated carbocycles. The van der Waals surface area contributed by atoms with Gasteiger partial charge >= 0.3 is 0 Å². The molecule has 0 spiro atoms. The van der Waals surface area contributed by atoms with Crippen molar-refractivity contribution in [3.8, 4) is 17.2 Å². The lowest BCUT2D eigenvalue weighted by Gasteiger charge is -2.09. The number of sulfonamides is 1. The Hall–Kier alpha value is -1.47. The van der Waals surface area contributed by atoms with E-state index in [2.05, 4.69) is 0 Å². The number of hydrogen-bond acceptors (Lipinski definition) is 5. The average molecular weight is 275 g/mol. The van der Waals surface area contributed by atoms with E-state index in [4.69, 9.17) is 19.3 Å². The van der Waals surface area contributed by atoms with Gasteiger partial charge in [-0.05, 0) is 6.42 Å². The summed E-state index contributed by atoms with van der Waals surface area (Å²) in [6.45, 7) is 0.257. The lowest BCUT2D eigenvalue weighted by molar-refractivity contribution is 0.311. The summed E-state index contributed by atoms with van der Waals surface area (Å²) in [7, 11) is -0.351. The van der Waals surface area contributed by atoms with Crippen molar-refractivity contribution >= 4 is 10.0 Å². The highest BCUT2D eigenvalue weighted by Crippen LogP contribution is 2.27. The first-order chi connectivity index (χ1) is 8.44. The van der Waals surface area contributed by atoms with Crippen LogP contribution in [0.15, 0.2) is 18.2 Å². The number of methoxy groups -OCH3 is 2. The number of rotatable bonds is 7. The van der Waals surface area contributed by atoms with Crippen molar-refractivity contribution in [1.82, 2.24) is 0 Å². The monoisotopic (exact) mass is 275 g/mol. The van der Waals surface area contributed by atoms with Gasteiger partial charge in [-0.1, -0.05) is 0 Å². The van der Waals surface area contributed by atoms with Gasteiger partial charge in [0.2, 0.25) is 10.0 Å². The molecule has 0 amide bonds. The first kappa shape index (κ1) is 14.6. The highest BCUT2D eigenvalue weighted by Gasteiger charge is 2.05. The Morgan fingerprint density at radius 3 is 2.00 bits per heavy atom. The average Bonchev–Trinajstić information content (AvgIpc) is 2.33. The smallest absolute Gasteiger partial charge is 0.209 e. The third-order valence-electron chi connectivity index (χ3n) is 2.17. The second kappa shape index (κ2) is 6.46. The highest BCUT2D eigenvalue weighted by molar-refractivity contribution is 7.89. The summed E-state index contributed by atoms with van der Waals surface area (Å²) in [5.41, 5.74) is 0. The van der Waals surface area contributed by atoms with Crippen LogP contribution in [-0.4, -0.2) is 35.0 Å². The third kappa shape index (κ3) is 5.24. The third-order valence-corrected chi connectivity index (χ3v) is 3.02. The van der Waals surface area contributed by atoms with E-state index in [0.29, 0.717) is 23.7 Å². The molecule has 0 aliphatic heterocycles. The summed E-state index contributed by atoms with van der Waals surface area (Å²) in [4.78, 5) is 0. The zero-order valence-electron chi connectivity index (χ0n) is 10.4. The normalized spacial score (nSPS) is 11.1. The molecule has 1 aromatic rings. The van der Waals surface area contributed by atoms with Gasteiger partial charge in [0, 0.05) is 18.2 Å². The van der Waals surface area contributed by atoms with Crippen LogP contribution in [0.25, 0.3) is 0 Å². The molecule has 1 rings (SSSR count). The topological polar surface area (TPSA) is 87.8 Å². The predicted octanol–water partition coefficient (Wildman–Crippen LogP) is 0.761. The van der Waals surface area contributed by atoms with Gasteiger partial charge < -0.3 is 14.2 Å². The molecule has 0 atom stereocenters. The number of benzene rings is 1. The molecule has 2 N–H and O–H groups in total. The maximum Gasteiger partial charge on any atom is 0.209 e. The van der Waals surface area contributed by atoms with E-state index in [-0.39, 0.29) is 12.4 Å².